The van der Waals surface area contributed by atoms with E-state index < -0.39 is 0 Å². The number of aliphatic imine (C=N–C) groups is 1. The molecular formula is C22H32N4O3. The number of ether oxygens (including phenoxy) is 3. The zero-order valence-corrected chi connectivity index (χ0v) is 17.8. The lowest BCUT2D eigenvalue weighted by molar-refractivity contribution is 0.310. The van der Waals surface area contributed by atoms with E-state index in [-0.39, 0.29) is 0 Å². The lowest BCUT2D eigenvalue weighted by Crippen LogP contribution is -2.37. The maximum Gasteiger partial charge on any atom is 0.218 e. The quantitative estimate of drug-likeness (QED) is 0.343. The van der Waals surface area contributed by atoms with Crippen molar-refractivity contribution in [1.82, 2.24) is 15.6 Å². The standard InChI is InChI=1S/C22H32N4O3/c1-5-23-22(26-16-18-10-8-13-24-21(18)28-4)25-14-7-9-17-11-12-19(27-3)20(15-17)29-6-2/h8,10-13,15H,5-7,9,14,16H2,1-4H3,(H2,23,25,26). The van der Waals surface area contributed by atoms with Crippen LogP contribution in [-0.2, 0) is 13.0 Å². The van der Waals surface area contributed by atoms with Crippen LogP contribution in [0, 0.1) is 0 Å². The highest BCUT2D eigenvalue weighted by Crippen LogP contribution is 2.28. The molecule has 7 heteroatoms. The van der Waals surface area contributed by atoms with E-state index in [1.165, 1.54) is 5.56 Å². The SMILES string of the molecule is CCNC(=NCc1cccnc1OC)NCCCc1ccc(OC)c(OCC)c1. The van der Waals surface area contributed by atoms with Gasteiger partial charge in [0.05, 0.1) is 27.4 Å². The van der Waals surface area contributed by atoms with Crippen LogP contribution in [0.4, 0.5) is 0 Å². The van der Waals surface area contributed by atoms with Gasteiger partial charge in [0.1, 0.15) is 0 Å². The number of guanidine groups is 1. The third-order valence-electron chi connectivity index (χ3n) is 4.26. The Morgan fingerprint density at radius 1 is 1.07 bits per heavy atom. The lowest BCUT2D eigenvalue weighted by atomic mass is 10.1. The molecule has 0 bridgehead atoms. The third-order valence-corrected chi connectivity index (χ3v) is 4.26. The molecule has 0 aliphatic carbocycles. The minimum absolute atomic E-state index is 0.503. The zero-order chi connectivity index (χ0) is 20.9. The highest BCUT2D eigenvalue weighted by Gasteiger charge is 2.06. The van der Waals surface area contributed by atoms with Crippen molar-refractivity contribution < 1.29 is 14.2 Å². The van der Waals surface area contributed by atoms with E-state index in [9.17, 15) is 0 Å². The van der Waals surface area contributed by atoms with Gasteiger partial charge in [-0.2, -0.15) is 0 Å². The predicted molar refractivity (Wildman–Crippen MR) is 116 cm³/mol. The normalized spacial score (nSPS) is 11.1. The Kier molecular flexibility index (Phi) is 9.62. The fraction of sp³-hybridized carbons (Fsp3) is 0.455. The summed E-state index contributed by atoms with van der Waals surface area (Å²) in [6.07, 6.45) is 3.62. The molecule has 0 saturated carbocycles. The Morgan fingerprint density at radius 2 is 1.93 bits per heavy atom. The van der Waals surface area contributed by atoms with Crippen LogP contribution in [0.3, 0.4) is 0 Å². The molecule has 0 fully saturated rings. The van der Waals surface area contributed by atoms with E-state index in [0.29, 0.717) is 19.0 Å². The van der Waals surface area contributed by atoms with Gasteiger partial charge in [-0.3, -0.25) is 0 Å². The topological polar surface area (TPSA) is 77.0 Å². The average molecular weight is 401 g/mol. The first-order valence-electron chi connectivity index (χ1n) is 10.0. The number of benzene rings is 1. The molecule has 2 rings (SSSR count). The van der Waals surface area contributed by atoms with Crippen molar-refractivity contribution >= 4 is 5.96 Å². The molecular weight excluding hydrogens is 368 g/mol. The Morgan fingerprint density at radius 3 is 2.66 bits per heavy atom. The summed E-state index contributed by atoms with van der Waals surface area (Å²) in [6, 6.07) is 9.95. The number of nitrogens with zero attached hydrogens (tertiary/aromatic N) is 2. The van der Waals surface area contributed by atoms with Crippen LogP contribution in [0.2, 0.25) is 0 Å². The van der Waals surface area contributed by atoms with Gasteiger partial charge in [0, 0.05) is 24.8 Å². The molecule has 0 radical (unpaired) electrons. The van der Waals surface area contributed by atoms with Gasteiger partial charge in [-0.05, 0) is 50.5 Å². The van der Waals surface area contributed by atoms with Gasteiger partial charge >= 0.3 is 0 Å². The molecule has 158 valence electrons. The van der Waals surface area contributed by atoms with Crippen LogP contribution < -0.4 is 24.8 Å². The maximum absolute atomic E-state index is 5.65. The van der Waals surface area contributed by atoms with Crippen molar-refractivity contribution in [2.24, 2.45) is 4.99 Å². The first-order valence-corrected chi connectivity index (χ1v) is 10.0. The van der Waals surface area contributed by atoms with Gasteiger partial charge in [0.15, 0.2) is 17.5 Å². The van der Waals surface area contributed by atoms with Crippen molar-refractivity contribution in [2.75, 3.05) is 33.9 Å². The molecule has 2 aromatic rings. The van der Waals surface area contributed by atoms with Gasteiger partial charge in [-0.25, -0.2) is 9.98 Å². The van der Waals surface area contributed by atoms with Crippen LogP contribution >= 0.6 is 0 Å². The van der Waals surface area contributed by atoms with E-state index >= 15 is 0 Å². The molecule has 1 aromatic heterocycles. The monoisotopic (exact) mass is 400 g/mol. The van der Waals surface area contributed by atoms with Gasteiger partial charge in [-0.15, -0.1) is 0 Å². The second-order valence-electron chi connectivity index (χ2n) is 6.32. The van der Waals surface area contributed by atoms with E-state index in [0.717, 1.165) is 49.0 Å². The fourth-order valence-corrected chi connectivity index (χ4v) is 2.88. The molecule has 7 nitrogen and oxygen atoms in total. The Balaban J connectivity index is 1.88. The number of hydrogen-bond donors (Lipinski definition) is 2. The summed E-state index contributed by atoms with van der Waals surface area (Å²) in [6.45, 7) is 6.75. The first kappa shape index (κ1) is 22.3. The van der Waals surface area contributed by atoms with Crippen LogP contribution in [0.25, 0.3) is 0 Å². The first-order chi connectivity index (χ1) is 14.2. The Bertz CT molecular complexity index is 780. The fourth-order valence-electron chi connectivity index (χ4n) is 2.88. The summed E-state index contributed by atoms with van der Waals surface area (Å²) in [7, 11) is 3.28. The van der Waals surface area contributed by atoms with Crippen molar-refractivity contribution in [3.63, 3.8) is 0 Å². The van der Waals surface area contributed by atoms with Gasteiger partial charge in [0.25, 0.3) is 0 Å². The second-order valence-corrected chi connectivity index (χ2v) is 6.32. The molecule has 0 atom stereocenters. The molecule has 0 unspecified atom stereocenters. The summed E-state index contributed by atoms with van der Waals surface area (Å²) in [5.74, 6) is 2.95. The number of hydrogen-bond acceptors (Lipinski definition) is 5. The maximum atomic E-state index is 5.65. The second kappa shape index (κ2) is 12.5. The number of rotatable bonds is 11. The van der Waals surface area contributed by atoms with Crippen LogP contribution in [0.5, 0.6) is 17.4 Å². The van der Waals surface area contributed by atoms with Crippen molar-refractivity contribution in [3.8, 4) is 17.4 Å². The molecule has 29 heavy (non-hydrogen) atoms. The lowest BCUT2D eigenvalue weighted by Gasteiger charge is -2.13. The molecule has 2 N–H and O–H groups in total. The van der Waals surface area contributed by atoms with E-state index in [1.54, 1.807) is 20.4 Å². The molecule has 1 aromatic carbocycles. The number of nitrogens with one attached hydrogen (secondary N) is 2. The minimum Gasteiger partial charge on any atom is -0.493 e. The summed E-state index contributed by atoms with van der Waals surface area (Å²) in [5, 5.41) is 6.65. The largest absolute Gasteiger partial charge is 0.493 e. The third kappa shape index (κ3) is 7.18. The van der Waals surface area contributed by atoms with Crippen LogP contribution in [0.1, 0.15) is 31.4 Å². The van der Waals surface area contributed by atoms with Crippen molar-refractivity contribution in [3.05, 3.63) is 47.7 Å². The highest BCUT2D eigenvalue weighted by molar-refractivity contribution is 5.79. The predicted octanol–water partition coefficient (Wildman–Crippen LogP) is 3.19. The summed E-state index contributed by atoms with van der Waals surface area (Å²) >= 11 is 0. The summed E-state index contributed by atoms with van der Waals surface area (Å²) in [5.41, 5.74) is 2.17. The molecule has 1 heterocycles. The average Bonchev–Trinajstić information content (AvgIpc) is 2.75. The van der Waals surface area contributed by atoms with E-state index in [4.69, 9.17) is 14.2 Å². The Labute approximate surface area is 173 Å². The Hall–Kier alpha value is -2.96. The summed E-state index contributed by atoms with van der Waals surface area (Å²) < 4.78 is 16.3. The van der Waals surface area contributed by atoms with Crippen LogP contribution in [0.15, 0.2) is 41.5 Å². The molecule has 0 spiro atoms. The number of methoxy groups -OCH3 is 2. The van der Waals surface area contributed by atoms with E-state index in [2.05, 4.69) is 39.7 Å². The zero-order valence-electron chi connectivity index (χ0n) is 17.8. The van der Waals surface area contributed by atoms with Gasteiger partial charge in [-0.1, -0.05) is 12.1 Å². The van der Waals surface area contributed by atoms with Crippen molar-refractivity contribution in [1.29, 1.82) is 0 Å². The number of pyridine rings is 1. The van der Waals surface area contributed by atoms with Crippen molar-refractivity contribution in [2.45, 2.75) is 33.2 Å². The van der Waals surface area contributed by atoms with E-state index in [1.807, 2.05) is 25.1 Å². The van der Waals surface area contributed by atoms with Gasteiger partial charge < -0.3 is 24.8 Å². The molecule has 0 amide bonds. The molecule has 0 aliphatic rings. The van der Waals surface area contributed by atoms with Gasteiger partial charge in [0.2, 0.25) is 5.88 Å². The minimum atomic E-state index is 0.503. The highest BCUT2D eigenvalue weighted by atomic mass is 16.5. The molecule has 0 saturated heterocycles. The van der Waals surface area contributed by atoms with Crippen LogP contribution in [-0.4, -0.2) is 44.9 Å². The smallest absolute Gasteiger partial charge is 0.218 e. The number of aromatic nitrogens is 1. The number of aryl methyl sites for hydroxylation is 1. The summed E-state index contributed by atoms with van der Waals surface area (Å²) in [4.78, 5) is 8.85. The molecule has 0 aliphatic heterocycles.